The van der Waals surface area contributed by atoms with Gasteiger partial charge in [-0.05, 0) is 17.7 Å². The van der Waals surface area contributed by atoms with E-state index in [1.54, 1.807) is 19.1 Å². The summed E-state index contributed by atoms with van der Waals surface area (Å²) in [6, 6.07) is 7.00. The monoisotopic (exact) mass is 409 g/mol. The molecule has 0 radical (unpaired) electrons. The molecule has 0 spiro atoms. The molecule has 0 aromatic heterocycles. The minimum atomic E-state index is -3.11. The van der Waals surface area contributed by atoms with Crippen LogP contribution in [-0.2, 0) is 16.4 Å². The molecule has 0 unspecified atom stereocenters. The number of nitrogens with zero attached hydrogens (tertiary/aromatic N) is 2. The van der Waals surface area contributed by atoms with Crippen molar-refractivity contribution in [3.63, 3.8) is 0 Å². The molecular weight excluding hydrogens is 389 g/mol. The maximum absolute atomic E-state index is 11.7. The molecule has 1 aliphatic rings. The van der Waals surface area contributed by atoms with Gasteiger partial charge in [-0.2, -0.15) is 0 Å². The molecule has 0 aliphatic carbocycles. The Morgan fingerprint density at radius 3 is 2.45 bits per heavy atom. The van der Waals surface area contributed by atoms with Crippen LogP contribution < -0.4 is 5.32 Å². The van der Waals surface area contributed by atoms with Gasteiger partial charge in [0.1, 0.15) is 0 Å². The fraction of sp³-hybridized carbons (Fsp3) is 0.462. The van der Waals surface area contributed by atoms with Crippen LogP contribution in [0.15, 0.2) is 34.2 Å². The molecule has 20 heavy (non-hydrogen) atoms. The number of nitrogens with one attached hydrogen (secondary N) is 1. The van der Waals surface area contributed by atoms with Crippen molar-refractivity contribution in [3.05, 3.63) is 29.8 Å². The number of hydrogen-bond donors (Lipinski definition) is 1. The van der Waals surface area contributed by atoms with E-state index in [1.165, 1.54) is 0 Å². The van der Waals surface area contributed by atoms with Crippen LogP contribution in [-0.4, -0.2) is 45.2 Å². The summed E-state index contributed by atoms with van der Waals surface area (Å²) in [7, 11) is -1.11. The number of aliphatic imine (C=N–C) groups is 1. The van der Waals surface area contributed by atoms with E-state index in [2.05, 4.69) is 15.2 Å². The molecule has 0 saturated heterocycles. The molecular formula is C13H20IN3O2S. The number of rotatable bonds is 4. The first kappa shape index (κ1) is 17.2. The quantitative estimate of drug-likeness (QED) is 0.766. The van der Waals surface area contributed by atoms with Gasteiger partial charge in [0.25, 0.3) is 0 Å². The summed E-state index contributed by atoms with van der Waals surface area (Å²) in [6.45, 7) is 4.07. The highest BCUT2D eigenvalue weighted by Crippen LogP contribution is 2.12. The maximum atomic E-state index is 11.7. The van der Waals surface area contributed by atoms with Gasteiger partial charge in [0.15, 0.2) is 15.8 Å². The molecule has 5 nitrogen and oxygen atoms in total. The van der Waals surface area contributed by atoms with Crippen LogP contribution in [0.2, 0.25) is 0 Å². The molecule has 1 N–H and O–H groups in total. The molecule has 112 valence electrons. The smallest absolute Gasteiger partial charge is 0.194 e. The molecule has 1 aromatic carbocycles. The van der Waals surface area contributed by atoms with Gasteiger partial charge in [0.2, 0.25) is 0 Å². The predicted molar refractivity (Wildman–Crippen MR) is 91.4 cm³/mol. The lowest BCUT2D eigenvalue weighted by Gasteiger charge is -2.15. The topological polar surface area (TPSA) is 61.8 Å². The zero-order valence-corrected chi connectivity index (χ0v) is 14.8. The van der Waals surface area contributed by atoms with Gasteiger partial charge in [-0.1, -0.05) is 19.1 Å². The Morgan fingerprint density at radius 2 is 1.95 bits per heavy atom. The molecule has 0 bridgehead atoms. The average Bonchev–Trinajstić information content (AvgIpc) is 2.82. The Kier molecular flexibility index (Phi) is 6.25. The van der Waals surface area contributed by atoms with Gasteiger partial charge in [0, 0.05) is 20.1 Å². The number of halogens is 1. The second-order valence-corrected chi connectivity index (χ2v) is 6.81. The van der Waals surface area contributed by atoms with Crippen LogP contribution in [0.4, 0.5) is 0 Å². The third-order valence-electron chi connectivity index (χ3n) is 3.17. The van der Waals surface area contributed by atoms with E-state index >= 15 is 0 Å². The van der Waals surface area contributed by atoms with E-state index in [0.29, 0.717) is 11.4 Å². The minimum absolute atomic E-state index is 0. The fourth-order valence-electron chi connectivity index (χ4n) is 1.89. The van der Waals surface area contributed by atoms with Crippen LogP contribution in [0, 0.1) is 0 Å². The van der Waals surface area contributed by atoms with Crippen LogP contribution >= 0.6 is 24.0 Å². The van der Waals surface area contributed by atoms with Crippen molar-refractivity contribution in [2.75, 3.05) is 25.9 Å². The predicted octanol–water partition coefficient (Wildman–Crippen LogP) is 1.49. The normalized spacial score (nSPS) is 14.7. The molecule has 1 heterocycles. The van der Waals surface area contributed by atoms with E-state index in [1.807, 2.05) is 19.2 Å². The van der Waals surface area contributed by atoms with Crippen molar-refractivity contribution >= 4 is 39.8 Å². The van der Waals surface area contributed by atoms with Gasteiger partial charge in [-0.15, -0.1) is 24.0 Å². The van der Waals surface area contributed by atoms with Gasteiger partial charge in [-0.3, -0.25) is 4.99 Å². The Balaban J connectivity index is 0.00000200. The Morgan fingerprint density at radius 1 is 1.30 bits per heavy atom. The summed E-state index contributed by atoms with van der Waals surface area (Å²) in [6.07, 6.45) is 0. The van der Waals surface area contributed by atoms with Crippen molar-refractivity contribution in [2.24, 2.45) is 4.99 Å². The van der Waals surface area contributed by atoms with E-state index in [0.717, 1.165) is 24.6 Å². The van der Waals surface area contributed by atoms with Crippen molar-refractivity contribution < 1.29 is 8.42 Å². The third kappa shape index (κ3) is 4.08. The van der Waals surface area contributed by atoms with Gasteiger partial charge in [0.05, 0.1) is 17.2 Å². The van der Waals surface area contributed by atoms with Gasteiger partial charge >= 0.3 is 0 Å². The third-order valence-corrected chi connectivity index (χ3v) is 4.92. The lowest BCUT2D eigenvalue weighted by atomic mass is 10.2. The molecule has 0 amide bonds. The second-order valence-electron chi connectivity index (χ2n) is 4.53. The van der Waals surface area contributed by atoms with Gasteiger partial charge in [-0.25, -0.2) is 8.42 Å². The molecule has 7 heteroatoms. The molecule has 1 aromatic rings. The maximum Gasteiger partial charge on any atom is 0.194 e. The van der Waals surface area contributed by atoms with Crippen LogP contribution in [0.1, 0.15) is 12.5 Å². The van der Waals surface area contributed by atoms with Crippen molar-refractivity contribution in [1.29, 1.82) is 0 Å². The summed E-state index contributed by atoms with van der Waals surface area (Å²) in [4.78, 5) is 6.79. The van der Waals surface area contributed by atoms with E-state index < -0.39 is 9.84 Å². The number of benzene rings is 1. The minimum Gasteiger partial charge on any atom is -0.352 e. The molecule has 2 rings (SSSR count). The van der Waals surface area contributed by atoms with Gasteiger partial charge < -0.3 is 10.2 Å². The van der Waals surface area contributed by atoms with E-state index in [9.17, 15) is 8.42 Å². The van der Waals surface area contributed by atoms with Crippen molar-refractivity contribution in [3.8, 4) is 0 Å². The standard InChI is InChI=1S/C13H19N3O2S.HI/c1-3-19(17,18)12-6-4-11(5-7-12)10-15-13-14-8-9-16(13)2;/h4-7H,3,8-10H2,1-2H3,(H,14,15);1H. The molecule has 0 atom stereocenters. The van der Waals surface area contributed by atoms with E-state index in [4.69, 9.17) is 0 Å². The zero-order chi connectivity index (χ0) is 13.9. The Hall–Kier alpha value is -0.830. The van der Waals surface area contributed by atoms with Crippen molar-refractivity contribution in [2.45, 2.75) is 18.4 Å². The fourth-order valence-corrected chi connectivity index (χ4v) is 2.77. The lowest BCUT2D eigenvalue weighted by molar-refractivity contribution is 0.534. The first-order valence-electron chi connectivity index (χ1n) is 6.34. The highest BCUT2D eigenvalue weighted by atomic mass is 127. The number of hydrogen-bond acceptors (Lipinski definition) is 5. The summed E-state index contributed by atoms with van der Waals surface area (Å²) < 4.78 is 23.4. The highest BCUT2D eigenvalue weighted by Gasteiger charge is 2.12. The SMILES string of the molecule is CCS(=O)(=O)c1ccc(CNC2=NCCN2C)cc1.I. The summed E-state index contributed by atoms with van der Waals surface area (Å²) in [5, 5.41) is 3.25. The zero-order valence-electron chi connectivity index (χ0n) is 11.7. The second kappa shape index (κ2) is 7.26. The average molecular weight is 409 g/mol. The van der Waals surface area contributed by atoms with Crippen LogP contribution in [0.5, 0.6) is 0 Å². The first-order valence-corrected chi connectivity index (χ1v) is 7.99. The summed E-state index contributed by atoms with van der Waals surface area (Å²) in [5.41, 5.74) is 1.04. The van der Waals surface area contributed by atoms with E-state index in [-0.39, 0.29) is 29.7 Å². The highest BCUT2D eigenvalue weighted by molar-refractivity contribution is 14.0. The molecule has 0 fully saturated rings. The first-order chi connectivity index (χ1) is 9.03. The number of sulfone groups is 1. The molecule has 1 aliphatic heterocycles. The van der Waals surface area contributed by atoms with Crippen LogP contribution in [0.3, 0.4) is 0 Å². The number of guanidine groups is 1. The number of likely N-dealkylation sites (N-methyl/N-ethyl adjacent to an activating group) is 1. The van der Waals surface area contributed by atoms with Crippen LogP contribution in [0.25, 0.3) is 0 Å². The summed E-state index contributed by atoms with van der Waals surface area (Å²) >= 11 is 0. The largest absolute Gasteiger partial charge is 0.352 e. The Labute approximate surface area is 137 Å². The summed E-state index contributed by atoms with van der Waals surface area (Å²) in [5.74, 6) is 1.02. The lowest BCUT2D eigenvalue weighted by Crippen LogP contribution is -2.35. The molecule has 0 saturated carbocycles. The van der Waals surface area contributed by atoms with Crippen molar-refractivity contribution in [1.82, 2.24) is 10.2 Å². The Bertz CT molecular complexity index is 570.